The maximum atomic E-state index is 12.9. The highest BCUT2D eigenvalue weighted by atomic mass is 35.5. The summed E-state index contributed by atoms with van der Waals surface area (Å²) in [5.74, 6) is -0.246. The predicted octanol–water partition coefficient (Wildman–Crippen LogP) is 5.56. The number of nitrogens with one attached hydrogen (secondary N) is 2. The SMILES string of the molecule is COCCOC(=O)Nc1cccc(NC(=O)c2cc3c(C)nn(Cc4ccccc4Cl)c3s2)c1. The average molecular weight is 499 g/mol. The van der Waals surface area contributed by atoms with Gasteiger partial charge in [-0.2, -0.15) is 5.10 Å². The Balaban J connectivity index is 1.47. The molecule has 34 heavy (non-hydrogen) atoms. The van der Waals surface area contributed by atoms with E-state index in [-0.39, 0.29) is 12.5 Å². The Morgan fingerprint density at radius 2 is 1.82 bits per heavy atom. The molecule has 2 N–H and O–H groups in total. The summed E-state index contributed by atoms with van der Waals surface area (Å²) >= 11 is 7.68. The number of thiophene rings is 1. The molecule has 0 radical (unpaired) electrons. The molecule has 2 aromatic carbocycles. The van der Waals surface area contributed by atoms with Crippen molar-refractivity contribution in [2.75, 3.05) is 31.0 Å². The molecule has 176 valence electrons. The summed E-state index contributed by atoms with van der Waals surface area (Å²) in [6, 6.07) is 16.3. The standard InChI is InChI=1S/C24H23ClN4O4S/c1-15-19-13-21(34-23(19)29(28-15)14-16-6-3-4-9-20(16)25)22(30)26-17-7-5-8-18(12-17)27-24(31)33-11-10-32-2/h3-9,12-13H,10-11,14H2,1-2H3,(H,26,30)(H,27,31). The zero-order valence-electron chi connectivity index (χ0n) is 18.6. The third-order valence-electron chi connectivity index (χ3n) is 5.00. The first-order valence-corrected chi connectivity index (χ1v) is 11.7. The van der Waals surface area contributed by atoms with E-state index < -0.39 is 6.09 Å². The van der Waals surface area contributed by atoms with Gasteiger partial charge in [0.1, 0.15) is 11.4 Å². The molecular weight excluding hydrogens is 476 g/mol. The Morgan fingerprint density at radius 3 is 2.59 bits per heavy atom. The van der Waals surface area contributed by atoms with Crippen molar-refractivity contribution >= 4 is 56.5 Å². The summed E-state index contributed by atoms with van der Waals surface area (Å²) in [5.41, 5.74) is 2.85. The summed E-state index contributed by atoms with van der Waals surface area (Å²) in [4.78, 5) is 26.2. The maximum absolute atomic E-state index is 12.9. The van der Waals surface area contributed by atoms with Gasteiger partial charge in [-0.3, -0.25) is 14.8 Å². The van der Waals surface area contributed by atoms with Crippen molar-refractivity contribution in [3.05, 3.63) is 75.8 Å². The first-order valence-electron chi connectivity index (χ1n) is 10.5. The number of carbonyl (C=O) groups is 2. The van der Waals surface area contributed by atoms with Gasteiger partial charge in [0.15, 0.2) is 0 Å². The third-order valence-corrected chi connectivity index (χ3v) is 6.51. The second-order valence-electron chi connectivity index (χ2n) is 7.45. The van der Waals surface area contributed by atoms with E-state index in [0.29, 0.717) is 34.4 Å². The van der Waals surface area contributed by atoms with Gasteiger partial charge in [0, 0.05) is 28.9 Å². The largest absolute Gasteiger partial charge is 0.447 e. The molecule has 0 aliphatic rings. The zero-order valence-corrected chi connectivity index (χ0v) is 20.2. The van der Waals surface area contributed by atoms with Crippen LogP contribution in [0.5, 0.6) is 0 Å². The molecule has 4 aromatic rings. The monoisotopic (exact) mass is 498 g/mol. The van der Waals surface area contributed by atoms with Crippen LogP contribution in [0.1, 0.15) is 20.9 Å². The minimum Gasteiger partial charge on any atom is -0.447 e. The van der Waals surface area contributed by atoms with Crippen molar-refractivity contribution in [3.63, 3.8) is 0 Å². The van der Waals surface area contributed by atoms with Gasteiger partial charge in [0.25, 0.3) is 5.91 Å². The highest BCUT2D eigenvalue weighted by Crippen LogP contribution is 2.30. The van der Waals surface area contributed by atoms with Crippen LogP contribution in [0.3, 0.4) is 0 Å². The van der Waals surface area contributed by atoms with Crippen molar-refractivity contribution in [2.45, 2.75) is 13.5 Å². The van der Waals surface area contributed by atoms with Crippen LogP contribution in [-0.4, -0.2) is 42.1 Å². The van der Waals surface area contributed by atoms with E-state index >= 15 is 0 Å². The molecule has 4 rings (SSSR count). The average Bonchev–Trinajstić information content (AvgIpc) is 3.37. The van der Waals surface area contributed by atoms with Gasteiger partial charge in [0.05, 0.1) is 23.7 Å². The summed E-state index contributed by atoms with van der Waals surface area (Å²) in [5, 5.41) is 11.7. The quantitative estimate of drug-likeness (QED) is 0.310. The van der Waals surface area contributed by atoms with Gasteiger partial charge in [-0.25, -0.2) is 4.79 Å². The number of methoxy groups -OCH3 is 1. The Morgan fingerprint density at radius 1 is 1.06 bits per heavy atom. The van der Waals surface area contributed by atoms with Crippen LogP contribution in [0.25, 0.3) is 10.2 Å². The number of fused-ring (bicyclic) bond motifs is 1. The Kier molecular flexibility index (Phi) is 7.46. The number of carbonyl (C=O) groups excluding carboxylic acids is 2. The van der Waals surface area contributed by atoms with E-state index in [0.717, 1.165) is 21.5 Å². The second kappa shape index (κ2) is 10.7. The number of ether oxygens (including phenoxy) is 2. The highest BCUT2D eigenvalue weighted by molar-refractivity contribution is 7.20. The smallest absolute Gasteiger partial charge is 0.411 e. The lowest BCUT2D eigenvalue weighted by atomic mass is 10.2. The lowest BCUT2D eigenvalue weighted by Crippen LogP contribution is -2.16. The van der Waals surface area contributed by atoms with Gasteiger partial charge in [-0.15, -0.1) is 11.3 Å². The first kappa shape index (κ1) is 23.7. The fourth-order valence-electron chi connectivity index (χ4n) is 3.36. The van der Waals surface area contributed by atoms with Crippen LogP contribution in [-0.2, 0) is 16.0 Å². The van der Waals surface area contributed by atoms with Gasteiger partial charge in [-0.05, 0) is 42.8 Å². The number of hydrogen-bond acceptors (Lipinski definition) is 6. The fraction of sp³-hybridized carbons (Fsp3) is 0.208. The Labute approximate surface area is 205 Å². The van der Waals surface area contributed by atoms with Crippen molar-refractivity contribution in [2.24, 2.45) is 0 Å². The van der Waals surface area contributed by atoms with Gasteiger partial charge in [0.2, 0.25) is 0 Å². The van der Waals surface area contributed by atoms with E-state index in [1.807, 2.05) is 41.9 Å². The Hall–Kier alpha value is -3.40. The number of aromatic nitrogens is 2. The molecule has 0 aliphatic heterocycles. The molecule has 0 saturated heterocycles. The number of rotatable bonds is 8. The molecule has 0 spiro atoms. The highest BCUT2D eigenvalue weighted by Gasteiger charge is 2.17. The van der Waals surface area contributed by atoms with Crippen molar-refractivity contribution in [1.82, 2.24) is 9.78 Å². The molecule has 0 bridgehead atoms. The molecular formula is C24H23ClN4O4S. The minimum atomic E-state index is -0.594. The molecule has 2 heterocycles. The van der Waals surface area contributed by atoms with Crippen LogP contribution in [0.15, 0.2) is 54.6 Å². The number of aryl methyl sites for hydroxylation is 1. The van der Waals surface area contributed by atoms with Crippen LogP contribution < -0.4 is 10.6 Å². The van der Waals surface area contributed by atoms with Crippen molar-refractivity contribution < 1.29 is 19.1 Å². The van der Waals surface area contributed by atoms with E-state index in [1.54, 1.807) is 24.3 Å². The number of anilines is 2. The number of halogens is 1. The van der Waals surface area contributed by atoms with Crippen molar-refractivity contribution in [1.29, 1.82) is 0 Å². The first-order chi connectivity index (χ1) is 16.4. The lowest BCUT2D eigenvalue weighted by Gasteiger charge is -2.09. The summed E-state index contributed by atoms with van der Waals surface area (Å²) in [7, 11) is 1.53. The molecule has 0 unspecified atom stereocenters. The fourth-order valence-corrected chi connectivity index (χ4v) is 4.61. The second-order valence-corrected chi connectivity index (χ2v) is 8.89. The third kappa shape index (κ3) is 5.56. The molecule has 0 saturated carbocycles. The number of nitrogens with zero attached hydrogens (tertiary/aromatic N) is 2. The zero-order chi connectivity index (χ0) is 24.1. The Bertz CT molecular complexity index is 1330. The van der Waals surface area contributed by atoms with Crippen molar-refractivity contribution in [3.8, 4) is 0 Å². The molecule has 2 aromatic heterocycles. The van der Waals surface area contributed by atoms with E-state index in [4.69, 9.17) is 21.1 Å². The molecule has 0 fully saturated rings. The normalized spacial score (nSPS) is 10.9. The maximum Gasteiger partial charge on any atom is 0.411 e. The van der Waals surface area contributed by atoms with Gasteiger partial charge in [-0.1, -0.05) is 35.9 Å². The molecule has 0 atom stereocenters. The molecule has 10 heteroatoms. The number of benzene rings is 2. The number of hydrogen-bond donors (Lipinski definition) is 2. The molecule has 8 nitrogen and oxygen atoms in total. The van der Waals surface area contributed by atoms with E-state index in [1.165, 1.54) is 18.4 Å². The van der Waals surface area contributed by atoms with Gasteiger partial charge >= 0.3 is 6.09 Å². The van der Waals surface area contributed by atoms with E-state index in [2.05, 4.69) is 15.7 Å². The topological polar surface area (TPSA) is 94.5 Å². The molecule has 2 amide bonds. The van der Waals surface area contributed by atoms with Crippen LogP contribution in [0.2, 0.25) is 5.02 Å². The van der Waals surface area contributed by atoms with Crippen LogP contribution in [0.4, 0.5) is 16.2 Å². The lowest BCUT2D eigenvalue weighted by molar-refractivity contribution is 0.103. The predicted molar refractivity (Wildman–Crippen MR) is 134 cm³/mol. The molecule has 0 aliphatic carbocycles. The van der Waals surface area contributed by atoms with E-state index in [9.17, 15) is 9.59 Å². The summed E-state index contributed by atoms with van der Waals surface area (Å²) in [6.07, 6.45) is -0.594. The van der Waals surface area contributed by atoms with Gasteiger partial charge < -0.3 is 14.8 Å². The summed E-state index contributed by atoms with van der Waals surface area (Å²) < 4.78 is 11.7. The van der Waals surface area contributed by atoms with Crippen LogP contribution in [0, 0.1) is 6.92 Å². The van der Waals surface area contributed by atoms with Crippen LogP contribution >= 0.6 is 22.9 Å². The number of amides is 2. The summed E-state index contributed by atoms with van der Waals surface area (Å²) in [6.45, 7) is 2.90. The minimum absolute atomic E-state index is 0.151.